The first-order valence-electron chi connectivity index (χ1n) is 10.8. The third-order valence-electron chi connectivity index (χ3n) is 5.78. The molecule has 5 rings (SSSR count). The molecule has 0 saturated carbocycles. The number of piperazine rings is 1. The minimum absolute atomic E-state index is 0.0909. The van der Waals surface area contributed by atoms with Crippen molar-refractivity contribution < 1.29 is 4.79 Å². The van der Waals surface area contributed by atoms with Crippen LogP contribution in [0.5, 0.6) is 0 Å². The Morgan fingerprint density at radius 2 is 1.88 bits per heavy atom. The Morgan fingerprint density at radius 1 is 1.09 bits per heavy atom. The molecule has 1 fully saturated rings. The summed E-state index contributed by atoms with van der Waals surface area (Å²) in [5.41, 5.74) is 5.19. The van der Waals surface area contributed by atoms with Crippen LogP contribution in [0.15, 0.2) is 66.3 Å². The highest BCUT2D eigenvalue weighted by molar-refractivity contribution is 5.99. The molecule has 2 aromatic rings. The second kappa shape index (κ2) is 8.12. The smallest absolute Gasteiger partial charge is 0.255 e. The normalized spacial score (nSPS) is 23.0. The lowest BCUT2D eigenvalue weighted by molar-refractivity contribution is -0.122. The standard InChI is InChI=1S/C24H27N7O/c1-17-15-31-22(24(26-17)28(2)3)14-21(27-31)18-5-4-6-19-7-8-20(16-30(19)23(32)13-18)29-11-9-25-10-12-29/h4-8,13-16,25H,9-12H2,1-3H3/b5-4+,18-13+,19-6+. The third kappa shape index (κ3) is 3.73. The van der Waals surface area contributed by atoms with Gasteiger partial charge in [-0.05, 0) is 31.2 Å². The second-order valence-electron chi connectivity index (χ2n) is 8.34. The van der Waals surface area contributed by atoms with E-state index in [2.05, 4.69) is 21.3 Å². The highest BCUT2D eigenvalue weighted by Crippen LogP contribution is 2.27. The summed E-state index contributed by atoms with van der Waals surface area (Å²) in [6.07, 6.45) is 15.4. The van der Waals surface area contributed by atoms with Crippen LogP contribution in [0.4, 0.5) is 5.82 Å². The Balaban J connectivity index is 1.51. The molecule has 8 nitrogen and oxygen atoms in total. The van der Waals surface area contributed by atoms with Crippen molar-refractivity contribution in [3.05, 3.63) is 77.7 Å². The zero-order valence-electron chi connectivity index (χ0n) is 18.6. The van der Waals surface area contributed by atoms with Crippen molar-refractivity contribution in [1.29, 1.82) is 0 Å². The predicted octanol–water partition coefficient (Wildman–Crippen LogP) is 2.09. The van der Waals surface area contributed by atoms with Crippen LogP contribution in [0.3, 0.4) is 0 Å². The van der Waals surface area contributed by atoms with E-state index >= 15 is 0 Å². The SMILES string of the molecule is Cc1cn2nc(C3=C\C(=O)N4C=C(N5CCNCC5)C=C\C4=C/C=C/3)cc2c(N(C)C)n1. The largest absolute Gasteiger partial charge is 0.368 e. The van der Waals surface area contributed by atoms with E-state index in [4.69, 9.17) is 5.10 Å². The fourth-order valence-corrected chi connectivity index (χ4v) is 4.16. The molecule has 8 heteroatoms. The van der Waals surface area contributed by atoms with Gasteiger partial charge in [-0.25, -0.2) is 9.50 Å². The van der Waals surface area contributed by atoms with Crippen LogP contribution in [-0.2, 0) is 4.79 Å². The van der Waals surface area contributed by atoms with Crippen LogP contribution in [0.25, 0.3) is 11.1 Å². The lowest BCUT2D eigenvalue weighted by Gasteiger charge is -2.33. The number of amides is 1. The summed E-state index contributed by atoms with van der Waals surface area (Å²) < 4.78 is 1.83. The second-order valence-corrected chi connectivity index (χ2v) is 8.34. The van der Waals surface area contributed by atoms with Gasteiger partial charge in [-0.2, -0.15) is 5.10 Å². The molecule has 3 aliphatic heterocycles. The fraction of sp³-hybridized carbons (Fsp3) is 0.292. The number of rotatable bonds is 3. The number of nitrogens with zero attached hydrogens (tertiary/aromatic N) is 6. The number of allylic oxidation sites excluding steroid dienone is 6. The molecular formula is C24H27N7O. The number of aromatic nitrogens is 3. The number of nitrogens with one attached hydrogen (secondary N) is 1. The molecule has 1 amide bonds. The Labute approximate surface area is 187 Å². The number of aryl methyl sites for hydroxylation is 1. The van der Waals surface area contributed by atoms with Crippen LogP contribution < -0.4 is 10.2 Å². The maximum absolute atomic E-state index is 13.3. The van der Waals surface area contributed by atoms with Crippen molar-refractivity contribution in [3.63, 3.8) is 0 Å². The van der Waals surface area contributed by atoms with Gasteiger partial charge in [-0.15, -0.1) is 0 Å². The van der Waals surface area contributed by atoms with Gasteiger partial charge in [-0.1, -0.05) is 12.2 Å². The summed E-state index contributed by atoms with van der Waals surface area (Å²) >= 11 is 0. The zero-order valence-corrected chi connectivity index (χ0v) is 18.6. The van der Waals surface area contributed by atoms with Crippen LogP contribution in [0.2, 0.25) is 0 Å². The molecule has 0 aliphatic carbocycles. The molecule has 0 unspecified atom stereocenters. The van der Waals surface area contributed by atoms with Gasteiger partial charge in [0, 0.05) is 63.8 Å². The quantitative estimate of drug-likeness (QED) is 0.806. The number of hydrogen-bond donors (Lipinski definition) is 1. The summed E-state index contributed by atoms with van der Waals surface area (Å²) in [5.74, 6) is 0.754. The molecule has 0 radical (unpaired) electrons. The first-order valence-corrected chi connectivity index (χ1v) is 10.8. The van der Waals surface area contributed by atoms with E-state index in [-0.39, 0.29) is 5.91 Å². The van der Waals surface area contributed by atoms with Crippen molar-refractivity contribution in [2.45, 2.75) is 6.92 Å². The Morgan fingerprint density at radius 3 is 2.66 bits per heavy atom. The predicted molar refractivity (Wildman–Crippen MR) is 126 cm³/mol. The maximum atomic E-state index is 13.3. The van der Waals surface area contributed by atoms with E-state index < -0.39 is 0 Å². The molecule has 2 aromatic heterocycles. The van der Waals surface area contributed by atoms with Crippen LogP contribution >= 0.6 is 0 Å². The average molecular weight is 430 g/mol. The minimum Gasteiger partial charge on any atom is -0.368 e. The van der Waals surface area contributed by atoms with E-state index in [1.54, 1.807) is 11.0 Å². The summed E-state index contributed by atoms with van der Waals surface area (Å²) in [6.45, 7) is 5.71. The molecule has 0 aromatic carbocycles. The van der Waals surface area contributed by atoms with Crippen molar-refractivity contribution >= 4 is 22.8 Å². The third-order valence-corrected chi connectivity index (χ3v) is 5.78. The van der Waals surface area contributed by atoms with Gasteiger partial charge in [0.2, 0.25) is 0 Å². The zero-order chi connectivity index (χ0) is 22.2. The number of carbonyl (C=O) groups excluding carboxylic acids is 1. The number of carbonyl (C=O) groups is 1. The van der Waals surface area contributed by atoms with Crippen molar-refractivity contribution in [2.24, 2.45) is 0 Å². The topological polar surface area (TPSA) is 69.0 Å². The number of fused-ring (bicyclic) bond motifs is 2. The first-order chi connectivity index (χ1) is 15.5. The van der Waals surface area contributed by atoms with Gasteiger partial charge in [0.1, 0.15) is 5.52 Å². The molecule has 164 valence electrons. The van der Waals surface area contributed by atoms with E-state index in [0.717, 1.165) is 65.9 Å². The molecule has 1 N–H and O–H groups in total. The molecule has 5 heterocycles. The summed E-state index contributed by atoms with van der Waals surface area (Å²) in [6, 6.07) is 1.98. The summed E-state index contributed by atoms with van der Waals surface area (Å²) in [4.78, 5) is 23.9. The number of hydrogen-bond acceptors (Lipinski definition) is 6. The maximum Gasteiger partial charge on any atom is 0.255 e. The fourth-order valence-electron chi connectivity index (χ4n) is 4.16. The van der Waals surface area contributed by atoms with Gasteiger partial charge >= 0.3 is 0 Å². The average Bonchev–Trinajstić information content (AvgIpc) is 3.20. The van der Waals surface area contributed by atoms with Gasteiger partial charge in [0.05, 0.1) is 23.3 Å². The molecule has 1 saturated heterocycles. The molecular weight excluding hydrogens is 402 g/mol. The lowest BCUT2D eigenvalue weighted by atomic mass is 10.1. The first kappa shape index (κ1) is 20.3. The van der Waals surface area contributed by atoms with Gasteiger partial charge < -0.3 is 15.1 Å². The monoisotopic (exact) mass is 429 g/mol. The van der Waals surface area contributed by atoms with Crippen LogP contribution in [0, 0.1) is 6.92 Å². The van der Waals surface area contributed by atoms with Crippen molar-refractivity contribution in [1.82, 2.24) is 29.7 Å². The lowest BCUT2D eigenvalue weighted by Crippen LogP contribution is -2.43. The molecule has 0 atom stereocenters. The van der Waals surface area contributed by atoms with Gasteiger partial charge in [0.15, 0.2) is 5.82 Å². The number of anilines is 1. The minimum atomic E-state index is -0.0909. The molecule has 32 heavy (non-hydrogen) atoms. The summed E-state index contributed by atoms with van der Waals surface area (Å²) in [7, 11) is 3.93. The Kier molecular flexibility index (Phi) is 5.14. The Bertz CT molecular complexity index is 1220. The van der Waals surface area contributed by atoms with Gasteiger partial charge in [-0.3, -0.25) is 9.69 Å². The van der Waals surface area contributed by atoms with Crippen LogP contribution in [-0.4, -0.2) is 70.6 Å². The molecule has 3 aliphatic rings. The van der Waals surface area contributed by atoms with Crippen molar-refractivity contribution in [2.75, 3.05) is 45.2 Å². The molecule has 0 bridgehead atoms. The molecule has 0 spiro atoms. The van der Waals surface area contributed by atoms with E-state index in [1.807, 2.05) is 73.2 Å². The van der Waals surface area contributed by atoms with Crippen molar-refractivity contribution in [3.8, 4) is 0 Å². The Hall–Kier alpha value is -3.65. The van der Waals surface area contributed by atoms with E-state index in [0.29, 0.717) is 0 Å². The van der Waals surface area contributed by atoms with Gasteiger partial charge in [0.25, 0.3) is 5.91 Å². The highest BCUT2D eigenvalue weighted by atomic mass is 16.2. The van der Waals surface area contributed by atoms with E-state index in [9.17, 15) is 4.79 Å². The van der Waals surface area contributed by atoms with Crippen LogP contribution in [0.1, 0.15) is 11.4 Å². The van der Waals surface area contributed by atoms with E-state index in [1.165, 1.54) is 0 Å². The summed E-state index contributed by atoms with van der Waals surface area (Å²) in [5, 5.41) is 8.10. The highest BCUT2D eigenvalue weighted by Gasteiger charge is 2.22.